The monoisotopic (exact) mass is 270 g/mol. The van der Waals surface area contributed by atoms with E-state index in [0.717, 1.165) is 17.5 Å². The number of rotatable bonds is 3. The SMILES string of the molecule is CCN(C(=O)C1C2C3CCC(C3)C12)c1ccccc1N. The number of fused-ring (bicyclic) bond motifs is 5. The molecule has 0 spiro atoms. The molecule has 0 radical (unpaired) electrons. The summed E-state index contributed by atoms with van der Waals surface area (Å²) in [6.07, 6.45) is 4.10. The molecular formula is C17H22N2O. The Morgan fingerprint density at radius 2 is 1.90 bits per heavy atom. The lowest BCUT2D eigenvalue weighted by molar-refractivity contribution is -0.120. The number of anilines is 2. The summed E-state index contributed by atoms with van der Waals surface area (Å²) in [5.41, 5.74) is 7.64. The summed E-state index contributed by atoms with van der Waals surface area (Å²) in [6.45, 7) is 2.75. The Kier molecular flexibility index (Phi) is 2.60. The van der Waals surface area contributed by atoms with E-state index in [4.69, 9.17) is 5.73 Å². The molecule has 3 aliphatic carbocycles. The Balaban J connectivity index is 1.58. The Hall–Kier alpha value is -1.51. The van der Waals surface area contributed by atoms with Gasteiger partial charge in [0.15, 0.2) is 0 Å². The predicted octanol–water partition coefficient (Wildman–Crippen LogP) is 2.91. The van der Waals surface area contributed by atoms with Gasteiger partial charge in [-0.2, -0.15) is 0 Å². The maximum atomic E-state index is 12.9. The van der Waals surface area contributed by atoms with Crippen molar-refractivity contribution in [1.82, 2.24) is 0 Å². The molecule has 3 aliphatic rings. The average molecular weight is 270 g/mol. The van der Waals surface area contributed by atoms with Crippen molar-refractivity contribution in [1.29, 1.82) is 0 Å². The number of hydrogen-bond acceptors (Lipinski definition) is 2. The molecule has 4 rings (SSSR count). The van der Waals surface area contributed by atoms with Crippen LogP contribution < -0.4 is 10.6 Å². The van der Waals surface area contributed by atoms with Crippen LogP contribution in [0.2, 0.25) is 0 Å². The summed E-state index contributed by atoms with van der Waals surface area (Å²) >= 11 is 0. The van der Waals surface area contributed by atoms with Gasteiger partial charge in [0.25, 0.3) is 0 Å². The van der Waals surface area contributed by atoms with E-state index in [1.165, 1.54) is 19.3 Å². The molecule has 1 aromatic rings. The molecule has 1 aromatic carbocycles. The van der Waals surface area contributed by atoms with Crippen LogP contribution in [0.1, 0.15) is 26.2 Å². The van der Waals surface area contributed by atoms with Gasteiger partial charge in [-0.25, -0.2) is 0 Å². The lowest BCUT2D eigenvalue weighted by atomic mass is 10.0. The van der Waals surface area contributed by atoms with E-state index in [1.807, 2.05) is 36.1 Å². The molecule has 2 bridgehead atoms. The lowest BCUT2D eigenvalue weighted by Crippen LogP contribution is -2.34. The van der Waals surface area contributed by atoms with Crippen molar-refractivity contribution in [3.05, 3.63) is 24.3 Å². The number of carbonyl (C=O) groups excluding carboxylic acids is 1. The second-order valence-electron chi connectivity index (χ2n) is 6.66. The van der Waals surface area contributed by atoms with Crippen LogP contribution in [0, 0.1) is 29.6 Å². The first-order valence-electron chi connectivity index (χ1n) is 7.88. The molecule has 1 amide bonds. The molecule has 0 saturated heterocycles. The first-order chi connectivity index (χ1) is 9.72. The molecule has 20 heavy (non-hydrogen) atoms. The second kappa shape index (κ2) is 4.24. The summed E-state index contributed by atoms with van der Waals surface area (Å²) in [6, 6.07) is 7.72. The molecule has 0 heterocycles. The number of nitrogens with zero attached hydrogens (tertiary/aromatic N) is 1. The van der Waals surface area contributed by atoms with Gasteiger partial charge in [-0.15, -0.1) is 0 Å². The van der Waals surface area contributed by atoms with E-state index < -0.39 is 0 Å². The van der Waals surface area contributed by atoms with Crippen LogP contribution in [0.25, 0.3) is 0 Å². The molecule has 3 fully saturated rings. The minimum atomic E-state index is 0.292. The van der Waals surface area contributed by atoms with Gasteiger partial charge in [-0.3, -0.25) is 4.79 Å². The van der Waals surface area contributed by atoms with Crippen LogP contribution in [-0.4, -0.2) is 12.5 Å². The first kappa shape index (κ1) is 12.2. The molecule has 106 valence electrons. The fourth-order valence-electron chi connectivity index (χ4n) is 5.01. The van der Waals surface area contributed by atoms with Gasteiger partial charge < -0.3 is 10.6 Å². The van der Waals surface area contributed by atoms with Crippen LogP contribution in [0.15, 0.2) is 24.3 Å². The van der Waals surface area contributed by atoms with E-state index in [1.54, 1.807) is 0 Å². The van der Waals surface area contributed by atoms with Crippen molar-refractivity contribution in [2.24, 2.45) is 29.6 Å². The van der Waals surface area contributed by atoms with E-state index in [9.17, 15) is 4.79 Å². The fraction of sp³-hybridized carbons (Fsp3) is 0.588. The zero-order valence-corrected chi connectivity index (χ0v) is 12.0. The molecule has 4 atom stereocenters. The third kappa shape index (κ3) is 1.55. The number of amides is 1. The highest BCUT2D eigenvalue weighted by molar-refractivity contribution is 5.99. The molecular weight excluding hydrogens is 248 g/mol. The third-order valence-electron chi connectivity index (χ3n) is 5.83. The molecule has 3 saturated carbocycles. The standard InChI is InChI=1S/C17H22N2O/c1-2-19(13-6-4-3-5-12(13)18)17(20)16-14-10-7-8-11(9-10)15(14)16/h3-6,10-11,14-16H,2,7-9,18H2,1H3. The zero-order chi connectivity index (χ0) is 13.9. The molecule has 0 aromatic heterocycles. The van der Waals surface area contributed by atoms with Crippen molar-refractivity contribution in [3.63, 3.8) is 0 Å². The molecule has 2 N–H and O–H groups in total. The van der Waals surface area contributed by atoms with Crippen molar-refractivity contribution >= 4 is 17.3 Å². The van der Waals surface area contributed by atoms with Gasteiger partial charge in [0.1, 0.15) is 0 Å². The summed E-state index contributed by atoms with van der Waals surface area (Å²) in [7, 11) is 0. The van der Waals surface area contributed by atoms with Crippen LogP contribution in [-0.2, 0) is 4.79 Å². The fourth-order valence-corrected chi connectivity index (χ4v) is 5.01. The molecule has 4 unspecified atom stereocenters. The maximum Gasteiger partial charge on any atom is 0.230 e. The molecule has 0 aliphatic heterocycles. The highest BCUT2D eigenvalue weighted by Crippen LogP contribution is 2.69. The average Bonchev–Trinajstić information content (AvgIpc) is 2.89. The Morgan fingerprint density at radius 1 is 1.25 bits per heavy atom. The van der Waals surface area contributed by atoms with Crippen molar-refractivity contribution < 1.29 is 4.79 Å². The summed E-state index contributed by atoms with van der Waals surface area (Å²) < 4.78 is 0. The van der Waals surface area contributed by atoms with Gasteiger partial charge in [0.05, 0.1) is 11.4 Å². The van der Waals surface area contributed by atoms with Gasteiger partial charge in [0, 0.05) is 12.5 Å². The number of para-hydroxylation sites is 2. The number of hydrogen-bond donors (Lipinski definition) is 1. The molecule has 3 heteroatoms. The van der Waals surface area contributed by atoms with Crippen molar-refractivity contribution in [3.8, 4) is 0 Å². The summed E-state index contributed by atoms with van der Waals surface area (Å²) in [4.78, 5) is 14.8. The third-order valence-corrected chi connectivity index (χ3v) is 5.83. The molecule has 3 nitrogen and oxygen atoms in total. The van der Waals surface area contributed by atoms with Gasteiger partial charge >= 0.3 is 0 Å². The predicted molar refractivity (Wildman–Crippen MR) is 80.2 cm³/mol. The van der Waals surface area contributed by atoms with E-state index in [2.05, 4.69) is 0 Å². The van der Waals surface area contributed by atoms with Gasteiger partial charge in [0.2, 0.25) is 5.91 Å². The smallest absolute Gasteiger partial charge is 0.230 e. The second-order valence-corrected chi connectivity index (χ2v) is 6.66. The zero-order valence-electron chi connectivity index (χ0n) is 12.0. The quantitative estimate of drug-likeness (QED) is 0.858. The Bertz CT molecular complexity index is 540. The van der Waals surface area contributed by atoms with Crippen LogP contribution in [0.3, 0.4) is 0 Å². The first-order valence-corrected chi connectivity index (χ1v) is 7.88. The van der Waals surface area contributed by atoms with Gasteiger partial charge in [-0.1, -0.05) is 12.1 Å². The maximum absolute atomic E-state index is 12.9. The number of nitrogen functional groups attached to an aromatic ring is 1. The minimum Gasteiger partial charge on any atom is -0.397 e. The topological polar surface area (TPSA) is 46.3 Å². The largest absolute Gasteiger partial charge is 0.397 e. The van der Waals surface area contributed by atoms with Crippen LogP contribution in [0.4, 0.5) is 11.4 Å². The van der Waals surface area contributed by atoms with Crippen molar-refractivity contribution in [2.45, 2.75) is 26.2 Å². The Morgan fingerprint density at radius 3 is 2.50 bits per heavy atom. The minimum absolute atomic E-state index is 0.292. The highest BCUT2D eigenvalue weighted by Gasteiger charge is 2.68. The Labute approximate surface area is 120 Å². The van der Waals surface area contributed by atoms with Crippen LogP contribution in [0.5, 0.6) is 0 Å². The summed E-state index contributed by atoms with van der Waals surface area (Å²) in [5, 5.41) is 0. The number of benzene rings is 1. The van der Waals surface area contributed by atoms with E-state index in [-0.39, 0.29) is 0 Å². The van der Waals surface area contributed by atoms with E-state index >= 15 is 0 Å². The highest BCUT2D eigenvalue weighted by atomic mass is 16.2. The van der Waals surface area contributed by atoms with E-state index in [0.29, 0.717) is 35.9 Å². The van der Waals surface area contributed by atoms with Gasteiger partial charge in [-0.05, 0) is 62.0 Å². The lowest BCUT2D eigenvalue weighted by Gasteiger charge is -2.24. The van der Waals surface area contributed by atoms with Crippen molar-refractivity contribution in [2.75, 3.05) is 17.2 Å². The van der Waals surface area contributed by atoms with Crippen LogP contribution >= 0.6 is 0 Å². The number of carbonyl (C=O) groups is 1. The normalized spacial score (nSPS) is 36.8. The summed E-state index contributed by atoms with van der Waals surface area (Å²) in [5.74, 6) is 3.68. The number of nitrogens with two attached hydrogens (primary N) is 1.